The Hall–Kier alpha value is -1.37. The molecule has 0 aliphatic carbocycles. The van der Waals surface area contributed by atoms with Crippen LogP contribution in [0.4, 0.5) is 5.69 Å². The molecule has 1 aliphatic heterocycles. The highest BCUT2D eigenvalue weighted by Gasteiger charge is 2.29. The molecule has 1 aromatic rings. The third-order valence-corrected chi connectivity index (χ3v) is 3.85. The molecule has 2 unspecified atom stereocenters. The van der Waals surface area contributed by atoms with Crippen LogP contribution in [0.15, 0.2) is 18.2 Å². The molecule has 0 aromatic heterocycles. The molecule has 6 nitrogen and oxygen atoms in total. The Labute approximate surface area is 134 Å². The summed E-state index contributed by atoms with van der Waals surface area (Å²) in [5, 5.41) is 14.3. The molecule has 0 saturated carbocycles. The van der Waals surface area contributed by atoms with Gasteiger partial charge in [0.1, 0.15) is 0 Å². The predicted molar refractivity (Wildman–Crippen MR) is 83.3 cm³/mol. The first-order chi connectivity index (χ1) is 9.40. The number of hydrogen-bond donors (Lipinski definition) is 1. The summed E-state index contributed by atoms with van der Waals surface area (Å²) in [5.41, 5.74) is 0.0850. The largest absolute Gasteiger partial charge is 0.333 e. The number of piperazine rings is 1. The lowest BCUT2D eigenvalue weighted by Gasteiger charge is -2.38. The number of non-ortho nitro benzene ring substituents is 1. The highest BCUT2D eigenvalue weighted by atomic mass is 35.5. The number of halogens is 2. The second-order valence-electron chi connectivity index (χ2n) is 4.94. The summed E-state index contributed by atoms with van der Waals surface area (Å²) >= 11 is 5.85. The molecule has 21 heavy (non-hydrogen) atoms. The predicted octanol–water partition coefficient (Wildman–Crippen LogP) is 2.49. The van der Waals surface area contributed by atoms with Crippen LogP contribution in [0.2, 0.25) is 5.02 Å². The monoisotopic (exact) mass is 333 g/mol. The second-order valence-corrected chi connectivity index (χ2v) is 5.37. The van der Waals surface area contributed by atoms with E-state index < -0.39 is 4.92 Å². The molecule has 1 aliphatic rings. The van der Waals surface area contributed by atoms with E-state index in [0.717, 1.165) is 0 Å². The van der Waals surface area contributed by atoms with Crippen LogP contribution < -0.4 is 5.32 Å². The topological polar surface area (TPSA) is 75.5 Å². The summed E-state index contributed by atoms with van der Waals surface area (Å²) in [6.45, 7) is 5.24. The fourth-order valence-electron chi connectivity index (χ4n) is 2.31. The molecule has 1 amide bonds. The Balaban J connectivity index is 0.00000220. The van der Waals surface area contributed by atoms with Crippen molar-refractivity contribution in [1.29, 1.82) is 0 Å². The lowest BCUT2D eigenvalue weighted by Crippen LogP contribution is -2.57. The Morgan fingerprint density at radius 1 is 1.43 bits per heavy atom. The summed E-state index contributed by atoms with van der Waals surface area (Å²) in [5.74, 6) is -0.226. The summed E-state index contributed by atoms with van der Waals surface area (Å²) in [6, 6.07) is 4.18. The fraction of sp³-hybridized carbons (Fsp3) is 0.462. The van der Waals surface area contributed by atoms with Crippen molar-refractivity contribution in [2.75, 3.05) is 13.1 Å². The highest BCUT2D eigenvalue weighted by Crippen LogP contribution is 2.23. The van der Waals surface area contributed by atoms with Gasteiger partial charge in [-0.05, 0) is 19.9 Å². The van der Waals surface area contributed by atoms with E-state index >= 15 is 0 Å². The zero-order valence-corrected chi connectivity index (χ0v) is 13.3. The van der Waals surface area contributed by atoms with Crippen LogP contribution in [0.3, 0.4) is 0 Å². The first-order valence-electron chi connectivity index (χ1n) is 6.39. The van der Waals surface area contributed by atoms with Crippen LogP contribution in [0, 0.1) is 10.1 Å². The van der Waals surface area contributed by atoms with Gasteiger partial charge in [-0.2, -0.15) is 0 Å². The number of amides is 1. The molecule has 116 valence electrons. The zero-order valence-electron chi connectivity index (χ0n) is 11.7. The van der Waals surface area contributed by atoms with Crippen molar-refractivity contribution in [2.24, 2.45) is 0 Å². The standard InChI is InChI=1S/C13H16ClN3O3.ClH/c1-8-9(2)16(4-3-15-8)13(18)10-5-11(14)7-12(6-10)17(19)20;/h5-9,15H,3-4H2,1-2H3;1H. The van der Waals surface area contributed by atoms with Crippen LogP contribution in [-0.2, 0) is 0 Å². The maximum absolute atomic E-state index is 12.5. The van der Waals surface area contributed by atoms with Gasteiger partial charge in [-0.15, -0.1) is 12.4 Å². The molecule has 2 rings (SSSR count). The van der Waals surface area contributed by atoms with Gasteiger partial charge >= 0.3 is 0 Å². The van der Waals surface area contributed by atoms with Crippen molar-refractivity contribution in [2.45, 2.75) is 25.9 Å². The zero-order chi connectivity index (χ0) is 14.9. The Bertz CT molecular complexity index is 553. The van der Waals surface area contributed by atoms with Gasteiger partial charge in [-0.3, -0.25) is 14.9 Å². The minimum absolute atomic E-state index is 0. The molecule has 0 spiro atoms. The normalized spacial score (nSPS) is 21.6. The van der Waals surface area contributed by atoms with Crippen molar-refractivity contribution >= 4 is 35.6 Å². The maximum Gasteiger partial charge on any atom is 0.271 e. The Morgan fingerprint density at radius 3 is 2.71 bits per heavy atom. The van der Waals surface area contributed by atoms with Crippen LogP contribution in [0.5, 0.6) is 0 Å². The van der Waals surface area contributed by atoms with Crippen molar-refractivity contribution in [1.82, 2.24) is 10.2 Å². The molecule has 2 atom stereocenters. The average molecular weight is 334 g/mol. The third kappa shape index (κ3) is 3.84. The number of nitro groups is 1. The molecule has 8 heteroatoms. The molecule has 0 radical (unpaired) electrons. The van der Waals surface area contributed by atoms with Crippen LogP contribution in [0.1, 0.15) is 24.2 Å². The number of carbonyl (C=O) groups excluding carboxylic acids is 1. The molecular formula is C13H17Cl2N3O3. The number of hydrogen-bond acceptors (Lipinski definition) is 4. The van der Waals surface area contributed by atoms with Gasteiger partial charge in [0.15, 0.2) is 0 Å². The van der Waals surface area contributed by atoms with Crippen LogP contribution in [0.25, 0.3) is 0 Å². The fourth-order valence-corrected chi connectivity index (χ4v) is 2.54. The molecular weight excluding hydrogens is 317 g/mol. The third-order valence-electron chi connectivity index (χ3n) is 3.64. The van der Waals surface area contributed by atoms with E-state index in [1.807, 2.05) is 13.8 Å². The molecule has 1 saturated heterocycles. The average Bonchev–Trinajstić information content (AvgIpc) is 2.40. The van der Waals surface area contributed by atoms with Gasteiger partial charge < -0.3 is 10.2 Å². The SMILES string of the molecule is CC1NCCN(C(=O)c2cc(Cl)cc([N+](=O)[O-])c2)C1C.Cl. The smallest absolute Gasteiger partial charge is 0.271 e. The number of rotatable bonds is 2. The van der Waals surface area contributed by atoms with Crippen molar-refractivity contribution < 1.29 is 9.72 Å². The van der Waals surface area contributed by atoms with E-state index in [1.165, 1.54) is 18.2 Å². The molecule has 1 N–H and O–H groups in total. The number of nitrogens with zero attached hydrogens (tertiary/aromatic N) is 2. The van der Waals surface area contributed by atoms with Crippen molar-refractivity contribution in [3.05, 3.63) is 38.9 Å². The summed E-state index contributed by atoms with van der Waals surface area (Å²) < 4.78 is 0. The van der Waals surface area contributed by atoms with E-state index in [9.17, 15) is 14.9 Å². The van der Waals surface area contributed by atoms with E-state index in [0.29, 0.717) is 13.1 Å². The number of nitrogens with one attached hydrogen (secondary N) is 1. The van der Waals surface area contributed by atoms with E-state index in [-0.39, 0.29) is 46.7 Å². The first-order valence-corrected chi connectivity index (χ1v) is 6.77. The van der Waals surface area contributed by atoms with E-state index in [1.54, 1.807) is 4.90 Å². The first kappa shape index (κ1) is 17.7. The van der Waals surface area contributed by atoms with E-state index in [2.05, 4.69) is 5.32 Å². The summed E-state index contributed by atoms with van der Waals surface area (Å²) in [7, 11) is 0. The minimum atomic E-state index is -0.549. The van der Waals surface area contributed by atoms with Gasteiger partial charge in [-0.1, -0.05) is 11.6 Å². The summed E-state index contributed by atoms with van der Waals surface area (Å²) in [4.78, 5) is 24.5. The minimum Gasteiger partial charge on any atom is -0.333 e. The van der Waals surface area contributed by atoms with Gasteiger partial charge in [-0.25, -0.2) is 0 Å². The van der Waals surface area contributed by atoms with Gasteiger partial charge in [0.25, 0.3) is 11.6 Å². The van der Waals surface area contributed by atoms with Crippen LogP contribution >= 0.6 is 24.0 Å². The van der Waals surface area contributed by atoms with Gasteiger partial charge in [0.2, 0.25) is 0 Å². The maximum atomic E-state index is 12.5. The molecule has 1 heterocycles. The van der Waals surface area contributed by atoms with Gasteiger partial charge in [0.05, 0.1) is 4.92 Å². The van der Waals surface area contributed by atoms with Crippen molar-refractivity contribution in [3.63, 3.8) is 0 Å². The summed E-state index contributed by atoms with van der Waals surface area (Å²) in [6.07, 6.45) is 0. The molecule has 0 bridgehead atoms. The van der Waals surface area contributed by atoms with Crippen molar-refractivity contribution in [3.8, 4) is 0 Å². The highest BCUT2D eigenvalue weighted by molar-refractivity contribution is 6.31. The Kier molecular flexibility index (Phi) is 5.95. The quantitative estimate of drug-likeness (QED) is 0.666. The van der Waals surface area contributed by atoms with Gasteiger partial charge in [0, 0.05) is 47.9 Å². The van der Waals surface area contributed by atoms with Crippen LogP contribution in [-0.4, -0.2) is 40.9 Å². The lowest BCUT2D eigenvalue weighted by atomic mass is 10.1. The molecule has 1 fully saturated rings. The lowest BCUT2D eigenvalue weighted by molar-refractivity contribution is -0.384. The number of carbonyl (C=O) groups is 1. The number of benzene rings is 1. The Morgan fingerprint density at radius 2 is 2.10 bits per heavy atom. The second kappa shape index (κ2) is 7.06. The van der Waals surface area contributed by atoms with E-state index in [4.69, 9.17) is 11.6 Å². The molecule has 1 aromatic carbocycles. The number of nitro benzene ring substituents is 1.